The third-order valence-electron chi connectivity index (χ3n) is 5.15. The Hall–Kier alpha value is -3.04. The van der Waals surface area contributed by atoms with Gasteiger partial charge in [-0.2, -0.15) is 5.10 Å². The van der Waals surface area contributed by atoms with Gasteiger partial charge in [0.15, 0.2) is 5.65 Å². The van der Waals surface area contributed by atoms with Gasteiger partial charge >= 0.3 is 0 Å². The maximum atomic E-state index is 12.9. The average Bonchev–Trinajstić information content (AvgIpc) is 3.47. The molecule has 166 valence electrons. The lowest BCUT2D eigenvalue weighted by Crippen LogP contribution is -2.37. The van der Waals surface area contributed by atoms with Crippen molar-refractivity contribution in [3.8, 4) is 11.3 Å². The highest BCUT2D eigenvalue weighted by atomic mass is 32.2. The minimum absolute atomic E-state index is 0.120. The third kappa shape index (κ3) is 3.93. The van der Waals surface area contributed by atoms with E-state index in [1.54, 1.807) is 42.8 Å². The molecule has 0 saturated heterocycles. The molecule has 0 N–H and O–H groups in total. The number of carbonyl (C=O) groups excluding carboxylic acids is 1. The van der Waals surface area contributed by atoms with Gasteiger partial charge in [0.1, 0.15) is 0 Å². The van der Waals surface area contributed by atoms with Gasteiger partial charge in [-0.25, -0.2) is 17.9 Å². The molecular formula is C23H24N4O3S2. The molecule has 0 fully saturated rings. The molecule has 3 heterocycles. The van der Waals surface area contributed by atoms with Crippen LogP contribution in [0, 0.1) is 0 Å². The number of hydrogen-bond acceptors (Lipinski definition) is 6. The predicted octanol–water partition coefficient (Wildman–Crippen LogP) is 4.64. The normalized spacial score (nSPS) is 11.9. The zero-order valence-corrected chi connectivity index (χ0v) is 19.7. The highest BCUT2D eigenvalue weighted by Crippen LogP contribution is 2.29. The summed E-state index contributed by atoms with van der Waals surface area (Å²) in [6, 6.07) is 12.8. The number of hydrogen-bond donors (Lipinski definition) is 0. The predicted molar refractivity (Wildman–Crippen MR) is 128 cm³/mol. The first-order chi connectivity index (χ1) is 15.3. The van der Waals surface area contributed by atoms with Crippen LogP contribution in [0.15, 0.2) is 60.2 Å². The second-order valence-electron chi connectivity index (χ2n) is 7.65. The van der Waals surface area contributed by atoms with Crippen LogP contribution in [0.3, 0.4) is 0 Å². The van der Waals surface area contributed by atoms with Crippen molar-refractivity contribution in [3.05, 3.63) is 70.7 Å². The highest BCUT2D eigenvalue weighted by Gasteiger charge is 2.26. The third-order valence-corrected chi connectivity index (χ3v) is 8.22. The van der Waals surface area contributed by atoms with E-state index in [0.717, 1.165) is 11.3 Å². The molecule has 1 aromatic carbocycles. The molecule has 3 aromatic heterocycles. The number of sulfonamides is 1. The number of aromatic nitrogens is 3. The van der Waals surface area contributed by atoms with Gasteiger partial charge in [0.2, 0.25) is 15.8 Å². The van der Waals surface area contributed by atoms with Crippen LogP contribution in [0.5, 0.6) is 0 Å². The van der Waals surface area contributed by atoms with Gasteiger partial charge in [0.05, 0.1) is 33.3 Å². The van der Waals surface area contributed by atoms with E-state index in [9.17, 15) is 13.2 Å². The Bertz CT molecular complexity index is 1360. The maximum absolute atomic E-state index is 12.9. The molecule has 4 rings (SSSR count). The van der Waals surface area contributed by atoms with Crippen LogP contribution < -0.4 is 4.31 Å². The number of rotatable bonds is 8. The Balaban J connectivity index is 1.80. The lowest BCUT2D eigenvalue weighted by molar-refractivity contribution is 0.104. The van der Waals surface area contributed by atoms with Crippen LogP contribution in [-0.4, -0.2) is 40.6 Å². The fourth-order valence-corrected chi connectivity index (χ4v) is 5.52. The van der Waals surface area contributed by atoms with Crippen LogP contribution in [0.1, 0.15) is 42.4 Å². The Morgan fingerprint density at radius 3 is 2.69 bits per heavy atom. The summed E-state index contributed by atoms with van der Waals surface area (Å²) >= 11 is 1.38. The molecule has 0 spiro atoms. The summed E-state index contributed by atoms with van der Waals surface area (Å²) in [6.45, 7) is 5.72. The maximum Gasteiger partial charge on any atom is 0.237 e. The molecule has 0 aliphatic carbocycles. The number of thiophene rings is 1. The molecule has 0 amide bonds. The van der Waals surface area contributed by atoms with Gasteiger partial charge in [-0.1, -0.05) is 25.1 Å². The number of benzene rings is 1. The molecule has 0 atom stereocenters. The van der Waals surface area contributed by atoms with Crippen molar-refractivity contribution in [2.75, 3.05) is 10.8 Å². The van der Waals surface area contributed by atoms with E-state index in [-0.39, 0.29) is 5.78 Å². The molecule has 0 aliphatic rings. The smallest absolute Gasteiger partial charge is 0.237 e. The van der Waals surface area contributed by atoms with E-state index >= 15 is 0 Å². The standard InChI is InChI=1S/C23H24N4O3S2/c1-4-12-26(32(29,30)16(2)3)18-8-5-7-17(14-18)20-10-11-24-23-19(15-25-27(20)23)22(28)21-9-6-13-31-21/h5-11,13-16H,4,12H2,1-3H3. The van der Waals surface area contributed by atoms with Crippen molar-refractivity contribution in [3.63, 3.8) is 0 Å². The van der Waals surface area contributed by atoms with Crippen LogP contribution in [0.25, 0.3) is 16.9 Å². The second-order valence-corrected chi connectivity index (χ2v) is 11.0. The van der Waals surface area contributed by atoms with Gasteiger partial charge in [0, 0.05) is 18.3 Å². The first-order valence-electron chi connectivity index (χ1n) is 10.4. The van der Waals surface area contributed by atoms with Crippen molar-refractivity contribution in [1.82, 2.24) is 14.6 Å². The van der Waals surface area contributed by atoms with E-state index in [1.807, 2.05) is 36.6 Å². The van der Waals surface area contributed by atoms with Crippen LogP contribution in [0.4, 0.5) is 5.69 Å². The van der Waals surface area contributed by atoms with Crippen molar-refractivity contribution in [1.29, 1.82) is 0 Å². The monoisotopic (exact) mass is 468 g/mol. The first kappa shape index (κ1) is 22.2. The summed E-state index contributed by atoms with van der Waals surface area (Å²) < 4.78 is 29.0. The molecule has 0 aliphatic heterocycles. The van der Waals surface area contributed by atoms with Gasteiger partial charge in [-0.15, -0.1) is 11.3 Å². The fourth-order valence-electron chi connectivity index (χ4n) is 3.49. The van der Waals surface area contributed by atoms with Gasteiger partial charge in [0.25, 0.3) is 0 Å². The Labute approximate surface area is 191 Å². The molecule has 0 unspecified atom stereocenters. The van der Waals surface area contributed by atoms with Crippen LogP contribution in [-0.2, 0) is 10.0 Å². The second kappa shape index (κ2) is 8.84. The largest absolute Gasteiger partial charge is 0.287 e. The molecule has 0 saturated carbocycles. The van der Waals surface area contributed by atoms with Crippen molar-refractivity contribution in [2.24, 2.45) is 0 Å². The number of ketones is 1. The molecule has 0 bridgehead atoms. The topological polar surface area (TPSA) is 84.6 Å². The SMILES string of the molecule is CCCN(c1cccc(-c2ccnc3c(C(=O)c4cccs4)cnn23)c1)S(=O)(=O)C(C)C. The molecule has 4 aromatic rings. The van der Waals surface area contributed by atoms with Gasteiger partial charge in [-0.3, -0.25) is 9.10 Å². The number of carbonyl (C=O) groups is 1. The molecule has 32 heavy (non-hydrogen) atoms. The summed E-state index contributed by atoms with van der Waals surface area (Å²) in [4.78, 5) is 17.9. The number of anilines is 1. The van der Waals surface area contributed by atoms with Gasteiger partial charge < -0.3 is 0 Å². The zero-order valence-electron chi connectivity index (χ0n) is 18.1. The number of fused-ring (bicyclic) bond motifs is 1. The van der Waals surface area contributed by atoms with Crippen molar-refractivity contribution >= 4 is 38.5 Å². The van der Waals surface area contributed by atoms with Crippen molar-refractivity contribution in [2.45, 2.75) is 32.4 Å². The van der Waals surface area contributed by atoms with E-state index in [0.29, 0.717) is 34.7 Å². The zero-order chi connectivity index (χ0) is 22.9. The average molecular weight is 469 g/mol. The van der Waals surface area contributed by atoms with Crippen LogP contribution in [0.2, 0.25) is 0 Å². The Morgan fingerprint density at radius 1 is 1.19 bits per heavy atom. The molecular weight excluding hydrogens is 444 g/mol. The van der Waals surface area contributed by atoms with E-state index in [4.69, 9.17) is 0 Å². The fraction of sp³-hybridized carbons (Fsp3) is 0.261. The van der Waals surface area contributed by atoms with Crippen molar-refractivity contribution < 1.29 is 13.2 Å². The minimum atomic E-state index is -3.47. The highest BCUT2D eigenvalue weighted by molar-refractivity contribution is 7.93. The molecule has 9 heteroatoms. The molecule has 7 nitrogen and oxygen atoms in total. The summed E-state index contributed by atoms with van der Waals surface area (Å²) in [5.74, 6) is -0.120. The summed E-state index contributed by atoms with van der Waals surface area (Å²) in [5.41, 5.74) is 3.01. The Morgan fingerprint density at radius 2 is 2.00 bits per heavy atom. The quantitative estimate of drug-likeness (QED) is 0.352. The number of nitrogens with zero attached hydrogens (tertiary/aromatic N) is 4. The van der Waals surface area contributed by atoms with E-state index < -0.39 is 15.3 Å². The van der Waals surface area contributed by atoms with Gasteiger partial charge in [-0.05, 0) is 49.9 Å². The first-order valence-corrected chi connectivity index (χ1v) is 12.8. The molecule has 0 radical (unpaired) electrons. The van der Waals surface area contributed by atoms with E-state index in [1.165, 1.54) is 21.8 Å². The lowest BCUT2D eigenvalue weighted by atomic mass is 10.1. The minimum Gasteiger partial charge on any atom is -0.287 e. The Kier molecular flexibility index (Phi) is 6.12. The summed E-state index contributed by atoms with van der Waals surface area (Å²) in [7, 11) is -3.47. The summed E-state index contributed by atoms with van der Waals surface area (Å²) in [6.07, 6.45) is 3.87. The van der Waals surface area contributed by atoms with E-state index in [2.05, 4.69) is 10.1 Å². The lowest BCUT2D eigenvalue weighted by Gasteiger charge is -2.26. The van der Waals surface area contributed by atoms with Crippen LogP contribution >= 0.6 is 11.3 Å². The summed E-state index contributed by atoms with van der Waals surface area (Å²) in [5, 5.41) is 5.75.